The number of rotatable bonds is 5. The molecule has 0 radical (unpaired) electrons. The summed E-state index contributed by atoms with van der Waals surface area (Å²) in [6, 6.07) is 17.8. The summed E-state index contributed by atoms with van der Waals surface area (Å²) in [5, 5.41) is 21.6. The normalized spacial score (nSPS) is 10.1. The lowest BCUT2D eigenvalue weighted by Gasteiger charge is -2.08. The van der Waals surface area contributed by atoms with Crippen molar-refractivity contribution in [1.29, 1.82) is 5.26 Å². The number of hydrogen-bond acceptors (Lipinski definition) is 5. The quantitative estimate of drug-likeness (QED) is 0.773. The van der Waals surface area contributed by atoms with Crippen LogP contribution in [0.4, 0.5) is 0 Å². The number of ether oxygens (including phenoxy) is 1. The molecule has 0 bridgehead atoms. The van der Waals surface area contributed by atoms with Gasteiger partial charge in [0.2, 0.25) is 5.76 Å². The van der Waals surface area contributed by atoms with Crippen LogP contribution in [0.25, 0.3) is 11.3 Å². The van der Waals surface area contributed by atoms with E-state index in [2.05, 4.69) is 11.2 Å². The van der Waals surface area contributed by atoms with Gasteiger partial charge in [-0.05, 0) is 17.7 Å². The van der Waals surface area contributed by atoms with Crippen molar-refractivity contribution in [2.45, 2.75) is 6.61 Å². The molecule has 0 saturated carbocycles. The molecule has 0 saturated heterocycles. The van der Waals surface area contributed by atoms with E-state index < -0.39 is 5.97 Å². The van der Waals surface area contributed by atoms with Gasteiger partial charge in [-0.1, -0.05) is 41.6 Å². The first-order valence-electron chi connectivity index (χ1n) is 7.08. The van der Waals surface area contributed by atoms with Crippen molar-refractivity contribution in [2.24, 2.45) is 0 Å². The van der Waals surface area contributed by atoms with Gasteiger partial charge < -0.3 is 14.4 Å². The molecule has 1 N–H and O–H groups in total. The Bertz CT molecular complexity index is 907. The number of carboxylic acid groups (broad SMARTS) is 1. The topological polar surface area (TPSA) is 96.3 Å². The van der Waals surface area contributed by atoms with E-state index in [9.17, 15) is 4.79 Å². The first-order valence-corrected chi connectivity index (χ1v) is 7.08. The maximum absolute atomic E-state index is 10.8. The second-order valence-corrected chi connectivity index (χ2v) is 4.98. The average Bonchev–Trinajstić information content (AvgIpc) is 3.11. The molecular weight excluding hydrogens is 308 g/mol. The van der Waals surface area contributed by atoms with Crippen LogP contribution < -0.4 is 4.74 Å². The van der Waals surface area contributed by atoms with Crippen LogP contribution in [-0.4, -0.2) is 16.2 Å². The Kier molecular flexibility index (Phi) is 4.25. The monoisotopic (exact) mass is 320 g/mol. The average molecular weight is 320 g/mol. The molecule has 6 nitrogen and oxygen atoms in total. The molecule has 0 unspecified atom stereocenters. The summed E-state index contributed by atoms with van der Waals surface area (Å²) in [5.41, 5.74) is 2.59. The number of aromatic nitrogens is 1. The molecule has 0 fully saturated rings. The summed E-state index contributed by atoms with van der Waals surface area (Å²) in [6.07, 6.45) is 0. The number of nitriles is 1. The van der Waals surface area contributed by atoms with Crippen molar-refractivity contribution < 1.29 is 19.2 Å². The van der Waals surface area contributed by atoms with Crippen molar-refractivity contribution >= 4 is 5.97 Å². The number of benzene rings is 2. The summed E-state index contributed by atoms with van der Waals surface area (Å²) >= 11 is 0. The molecule has 0 atom stereocenters. The minimum absolute atomic E-state index is 0.203. The van der Waals surface area contributed by atoms with Gasteiger partial charge in [-0.25, -0.2) is 4.79 Å². The Balaban J connectivity index is 1.70. The number of nitrogens with zero attached hydrogens (tertiary/aromatic N) is 2. The highest BCUT2D eigenvalue weighted by molar-refractivity contribution is 5.85. The van der Waals surface area contributed by atoms with E-state index in [0.717, 1.165) is 11.1 Å². The van der Waals surface area contributed by atoms with Gasteiger partial charge in [-0.2, -0.15) is 5.26 Å². The van der Waals surface area contributed by atoms with Crippen molar-refractivity contribution in [3.63, 3.8) is 0 Å². The van der Waals surface area contributed by atoms with Crippen LogP contribution in [0.3, 0.4) is 0 Å². The van der Waals surface area contributed by atoms with Crippen LogP contribution in [0.1, 0.15) is 21.7 Å². The van der Waals surface area contributed by atoms with E-state index >= 15 is 0 Å². The van der Waals surface area contributed by atoms with Crippen LogP contribution in [0.2, 0.25) is 0 Å². The molecule has 118 valence electrons. The summed E-state index contributed by atoms with van der Waals surface area (Å²) in [5.74, 6) is -0.827. The lowest BCUT2D eigenvalue weighted by Crippen LogP contribution is -1.97. The summed E-state index contributed by atoms with van der Waals surface area (Å²) in [4.78, 5) is 10.8. The van der Waals surface area contributed by atoms with Crippen molar-refractivity contribution in [2.75, 3.05) is 0 Å². The predicted molar refractivity (Wildman–Crippen MR) is 84.4 cm³/mol. The lowest BCUT2D eigenvalue weighted by atomic mass is 10.1. The maximum Gasteiger partial charge on any atom is 0.374 e. The van der Waals surface area contributed by atoms with Gasteiger partial charge in [-0.3, -0.25) is 0 Å². The Hall–Kier alpha value is -3.59. The predicted octanol–water partition coefficient (Wildman–Crippen LogP) is 3.49. The molecule has 3 aromatic rings. The molecule has 0 spiro atoms. The zero-order valence-electron chi connectivity index (χ0n) is 12.5. The number of carboxylic acids is 1. The van der Waals surface area contributed by atoms with Gasteiger partial charge in [0.05, 0.1) is 5.56 Å². The Labute approximate surface area is 137 Å². The first kappa shape index (κ1) is 15.3. The van der Waals surface area contributed by atoms with Crippen molar-refractivity contribution in [3.8, 4) is 23.1 Å². The third kappa shape index (κ3) is 3.25. The molecule has 0 aliphatic carbocycles. The van der Waals surface area contributed by atoms with Gasteiger partial charge in [0.25, 0.3) is 0 Å². The molecule has 3 rings (SSSR count). The number of carbonyl (C=O) groups is 1. The fourth-order valence-electron chi connectivity index (χ4n) is 2.13. The Morgan fingerprint density at radius 3 is 2.62 bits per heavy atom. The standard InChI is InChI=1S/C18H12N2O4/c19-10-14-3-1-2-4-16(14)23-11-12-5-7-13(8-6-12)15-9-17(18(21)22)24-20-15/h1-9H,11H2,(H,21,22). The fraction of sp³-hybridized carbons (Fsp3) is 0.0556. The van der Waals surface area contributed by atoms with E-state index in [0.29, 0.717) is 23.6 Å². The zero-order chi connectivity index (χ0) is 16.9. The summed E-state index contributed by atoms with van der Waals surface area (Å²) in [7, 11) is 0. The fourth-order valence-corrected chi connectivity index (χ4v) is 2.13. The van der Waals surface area contributed by atoms with E-state index in [4.69, 9.17) is 19.6 Å². The molecule has 6 heteroatoms. The highest BCUT2D eigenvalue weighted by atomic mass is 16.5. The minimum atomic E-state index is -1.16. The van der Waals surface area contributed by atoms with Crippen LogP contribution >= 0.6 is 0 Å². The molecule has 1 aromatic heterocycles. The second-order valence-electron chi connectivity index (χ2n) is 4.98. The maximum atomic E-state index is 10.8. The third-order valence-corrected chi connectivity index (χ3v) is 3.37. The van der Waals surface area contributed by atoms with E-state index in [1.807, 2.05) is 18.2 Å². The van der Waals surface area contributed by atoms with Gasteiger partial charge in [0.15, 0.2) is 0 Å². The zero-order valence-corrected chi connectivity index (χ0v) is 12.5. The van der Waals surface area contributed by atoms with E-state index in [-0.39, 0.29) is 5.76 Å². The number of hydrogen-bond donors (Lipinski definition) is 1. The molecular formula is C18H12N2O4. The first-order chi connectivity index (χ1) is 11.7. The molecule has 0 amide bonds. The highest BCUT2D eigenvalue weighted by Gasteiger charge is 2.12. The smallest absolute Gasteiger partial charge is 0.374 e. The highest BCUT2D eigenvalue weighted by Crippen LogP contribution is 2.21. The number of aromatic carboxylic acids is 1. The van der Waals surface area contributed by atoms with Crippen LogP contribution in [0.15, 0.2) is 59.1 Å². The molecule has 2 aromatic carbocycles. The van der Waals surface area contributed by atoms with Crippen LogP contribution in [-0.2, 0) is 6.61 Å². The Morgan fingerprint density at radius 1 is 1.21 bits per heavy atom. The molecule has 1 heterocycles. The largest absolute Gasteiger partial charge is 0.488 e. The summed E-state index contributed by atoms with van der Waals surface area (Å²) < 4.78 is 10.4. The van der Waals surface area contributed by atoms with Crippen molar-refractivity contribution in [1.82, 2.24) is 5.16 Å². The molecule has 0 aliphatic rings. The summed E-state index contributed by atoms with van der Waals surface area (Å²) in [6.45, 7) is 0.318. The van der Waals surface area contributed by atoms with Gasteiger partial charge >= 0.3 is 5.97 Å². The van der Waals surface area contributed by atoms with Gasteiger partial charge in [0.1, 0.15) is 24.1 Å². The number of para-hydroxylation sites is 1. The molecule has 0 aliphatic heterocycles. The van der Waals surface area contributed by atoms with Gasteiger partial charge in [0, 0.05) is 11.6 Å². The minimum Gasteiger partial charge on any atom is -0.488 e. The van der Waals surface area contributed by atoms with Crippen LogP contribution in [0, 0.1) is 11.3 Å². The van der Waals surface area contributed by atoms with Gasteiger partial charge in [-0.15, -0.1) is 0 Å². The SMILES string of the molecule is N#Cc1ccccc1OCc1ccc(-c2cc(C(=O)O)on2)cc1. The van der Waals surface area contributed by atoms with E-state index in [1.54, 1.807) is 30.3 Å². The third-order valence-electron chi connectivity index (χ3n) is 3.37. The van der Waals surface area contributed by atoms with Crippen molar-refractivity contribution in [3.05, 3.63) is 71.5 Å². The van der Waals surface area contributed by atoms with Crippen LogP contribution in [0.5, 0.6) is 5.75 Å². The van der Waals surface area contributed by atoms with E-state index in [1.165, 1.54) is 6.07 Å². The lowest BCUT2D eigenvalue weighted by molar-refractivity contribution is 0.0652. The Morgan fingerprint density at radius 2 is 1.96 bits per heavy atom. The molecule has 24 heavy (non-hydrogen) atoms. The second kappa shape index (κ2) is 6.67.